The van der Waals surface area contributed by atoms with E-state index in [4.69, 9.17) is 10.5 Å². The third-order valence-electron chi connectivity index (χ3n) is 3.78. The minimum atomic E-state index is -0.693. The lowest BCUT2D eigenvalue weighted by Gasteiger charge is -2.33. The van der Waals surface area contributed by atoms with E-state index in [1.807, 2.05) is 18.5 Å². The first-order chi connectivity index (χ1) is 8.96. The normalized spacial score (nSPS) is 24.1. The smallest absolute Gasteiger partial charge is 0.405 e. The summed E-state index contributed by atoms with van der Waals surface area (Å²) in [6.45, 7) is 3.84. The molecule has 2 rings (SSSR count). The fraction of sp³-hybridized carbons (Fsp3) is 0.769. The summed E-state index contributed by atoms with van der Waals surface area (Å²) in [6.07, 6.45) is 7.97. The lowest BCUT2D eigenvalue weighted by molar-refractivity contribution is 0.0198. The van der Waals surface area contributed by atoms with Crippen LogP contribution in [-0.4, -0.2) is 26.5 Å². The molecule has 1 aromatic heterocycles. The van der Waals surface area contributed by atoms with Crippen LogP contribution in [0.1, 0.15) is 52.0 Å². The Balaban J connectivity index is 1.82. The van der Waals surface area contributed by atoms with E-state index in [2.05, 4.69) is 10.1 Å². The lowest BCUT2D eigenvalue weighted by Crippen LogP contribution is -2.34. The second-order valence-electron chi connectivity index (χ2n) is 5.93. The van der Waals surface area contributed by atoms with E-state index >= 15 is 0 Å². The summed E-state index contributed by atoms with van der Waals surface area (Å²) in [5.41, 5.74) is 4.61. The first-order valence-electron chi connectivity index (χ1n) is 6.79. The van der Waals surface area contributed by atoms with E-state index in [0.717, 1.165) is 32.1 Å². The van der Waals surface area contributed by atoms with Crippen molar-refractivity contribution in [1.29, 1.82) is 0 Å². The predicted octanol–water partition coefficient (Wildman–Crippen LogP) is 2.27. The molecule has 0 saturated heterocycles. The molecule has 1 heterocycles. The number of nitrogens with two attached hydrogens (primary N) is 1. The van der Waals surface area contributed by atoms with Crippen LogP contribution in [0, 0.1) is 5.92 Å². The van der Waals surface area contributed by atoms with Gasteiger partial charge in [0, 0.05) is 0 Å². The number of carbonyl (C=O) groups is 1. The number of hydrogen-bond acceptors (Lipinski definition) is 4. The summed E-state index contributed by atoms with van der Waals surface area (Å²) in [5.74, 6) is 0.578. The zero-order chi connectivity index (χ0) is 13.9. The van der Waals surface area contributed by atoms with E-state index in [1.54, 1.807) is 12.7 Å². The van der Waals surface area contributed by atoms with Crippen molar-refractivity contribution in [2.24, 2.45) is 11.7 Å². The second kappa shape index (κ2) is 5.59. The molecule has 0 aromatic carbocycles. The van der Waals surface area contributed by atoms with Crippen LogP contribution in [0.25, 0.3) is 0 Å². The first-order valence-corrected chi connectivity index (χ1v) is 6.79. The minimum Gasteiger partial charge on any atom is -0.444 e. The summed E-state index contributed by atoms with van der Waals surface area (Å²) >= 11 is 0. The zero-order valence-electron chi connectivity index (χ0n) is 11.6. The number of nitrogens with zero attached hydrogens (tertiary/aromatic N) is 3. The van der Waals surface area contributed by atoms with E-state index in [9.17, 15) is 4.79 Å². The van der Waals surface area contributed by atoms with Gasteiger partial charge in [-0.3, -0.25) is 0 Å². The average molecular weight is 266 g/mol. The van der Waals surface area contributed by atoms with Gasteiger partial charge in [-0.05, 0) is 51.9 Å². The van der Waals surface area contributed by atoms with Crippen LogP contribution in [0.3, 0.4) is 0 Å². The summed E-state index contributed by atoms with van der Waals surface area (Å²) < 4.78 is 7.10. The Morgan fingerprint density at radius 1 is 1.42 bits per heavy atom. The molecule has 0 atom stereocenters. The van der Waals surface area contributed by atoms with Crippen LogP contribution in [0.15, 0.2) is 12.7 Å². The van der Waals surface area contributed by atoms with Gasteiger partial charge in [-0.25, -0.2) is 14.5 Å². The van der Waals surface area contributed by atoms with Gasteiger partial charge in [-0.15, -0.1) is 0 Å². The molecular formula is C13H22N4O2. The van der Waals surface area contributed by atoms with Gasteiger partial charge in [0.1, 0.15) is 18.3 Å². The van der Waals surface area contributed by atoms with Gasteiger partial charge in [0.25, 0.3) is 0 Å². The molecule has 1 aliphatic rings. The summed E-state index contributed by atoms with van der Waals surface area (Å²) in [5, 5.41) is 4.20. The summed E-state index contributed by atoms with van der Waals surface area (Å²) in [6, 6.07) is 0.457. The van der Waals surface area contributed by atoms with Crippen LogP contribution in [0.2, 0.25) is 0 Å². The van der Waals surface area contributed by atoms with E-state index < -0.39 is 11.7 Å². The molecule has 1 aromatic rings. The molecule has 0 aliphatic heterocycles. The third-order valence-corrected chi connectivity index (χ3v) is 3.78. The van der Waals surface area contributed by atoms with Gasteiger partial charge in [0.05, 0.1) is 6.04 Å². The van der Waals surface area contributed by atoms with Crippen LogP contribution < -0.4 is 5.73 Å². The molecule has 1 saturated carbocycles. The standard InChI is InChI=1S/C13H22N4O2/c1-13(2,19-12(14)18)7-10-3-5-11(6-4-10)17-9-15-8-16-17/h8-11H,3-7H2,1-2H3,(H2,14,18)/t10-,11+. The van der Waals surface area contributed by atoms with Crippen molar-refractivity contribution in [1.82, 2.24) is 14.8 Å². The number of carbonyl (C=O) groups excluding carboxylic acids is 1. The molecule has 6 nitrogen and oxygen atoms in total. The van der Waals surface area contributed by atoms with E-state index in [1.165, 1.54) is 0 Å². The Morgan fingerprint density at radius 3 is 2.63 bits per heavy atom. The van der Waals surface area contributed by atoms with Crippen molar-refractivity contribution in [2.75, 3.05) is 0 Å². The molecule has 0 bridgehead atoms. The van der Waals surface area contributed by atoms with Crippen molar-refractivity contribution in [2.45, 2.75) is 57.6 Å². The number of primary amides is 1. The van der Waals surface area contributed by atoms with Crippen LogP contribution >= 0.6 is 0 Å². The predicted molar refractivity (Wildman–Crippen MR) is 70.4 cm³/mol. The van der Waals surface area contributed by atoms with Crippen molar-refractivity contribution in [3.8, 4) is 0 Å². The molecule has 2 N–H and O–H groups in total. The Morgan fingerprint density at radius 2 is 2.11 bits per heavy atom. The molecule has 0 radical (unpaired) electrons. The third kappa shape index (κ3) is 3.94. The Bertz CT molecular complexity index is 408. The highest BCUT2D eigenvalue weighted by atomic mass is 16.6. The van der Waals surface area contributed by atoms with Crippen molar-refractivity contribution in [3.05, 3.63) is 12.7 Å². The highest BCUT2D eigenvalue weighted by Gasteiger charge is 2.30. The second-order valence-corrected chi connectivity index (χ2v) is 5.93. The van der Waals surface area contributed by atoms with Gasteiger partial charge >= 0.3 is 6.09 Å². The minimum absolute atomic E-state index is 0.457. The lowest BCUT2D eigenvalue weighted by atomic mass is 9.80. The largest absolute Gasteiger partial charge is 0.444 e. The number of aromatic nitrogens is 3. The molecule has 0 spiro atoms. The van der Waals surface area contributed by atoms with Crippen molar-refractivity contribution < 1.29 is 9.53 Å². The maximum absolute atomic E-state index is 10.8. The van der Waals surface area contributed by atoms with Crippen molar-refractivity contribution >= 4 is 6.09 Å². The van der Waals surface area contributed by atoms with Gasteiger partial charge in [-0.1, -0.05) is 0 Å². The fourth-order valence-electron chi connectivity index (χ4n) is 3.03. The Kier molecular flexibility index (Phi) is 4.07. The zero-order valence-corrected chi connectivity index (χ0v) is 11.6. The Hall–Kier alpha value is -1.59. The molecule has 0 unspecified atom stereocenters. The van der Waals surface area contributed by atoms with Gasteiger partial charge < -0.3 is 10.5 Å². The molecule has 1 aliphatic carbocycles. The number of rotatable bonds is 4. The van der Waals surface area contributed by atoms with Crippen LogP contribution in [-0.2, 0) is 4.74 Å². The van der Waals surface area contributed by atoms with Crippen LogP contribution in [0.4, 0.5) is 4.79 Å². The first kappa shape index (κ1) is 13.8. The molecule has 1 amide bonds. The molecular weight excluding hydrogens is 244 g/mol. The van der Waals surface area contributed by atoms with Gasteiger partial charge in [-0.2, -0.15) is 5.10 Å². The van der Waals surface area contributed by atoms with E-state index in [-0.39, 0.29) is 0 Å². The molecule has 106 valence electrons. The monoisotopic (exact) mass is 266 g/mol. The molecule has 6 heteroatoms. The van der Waals surface area contributed by atoms with Gasteiger partial charge in [0.2, 0.25) is 0 Å². The van der Waals surface area contributed by atoms with Crippen molar-refractivity contribution in [3.63, 3.8) is 0 Å². The fourth-order valence-corrected chi connectivity index (χ4v) is 3.03. The van der Waals surface area contributed by atoms with E-state index in [0.29, 0.717) is 12.0 Å². The number of amides is 1. The maximum Gasteiger partial charge on any atom is 0.405 e. The molecule has 1 fully saturated rings. The Labute approximate surface area is 113 Å². The highest BCUT2D eigenvalue weighted by Crippen LogP contribution is 2.36. The SMILES string of the molecule is CC(C)(C[C@H]1CC[C@@H](n2cncn2)CC1)OC(N)=O. The highest BCUT2D eigenvalue weighted by molar-refractivity contribution is 5.65. The molecule has 19 heavy (non-hydrogen) atoms. The average Bonchev–Trinajstić information content (AvgIpc) is 2.81. The topological polar surface area (TPSA) is 83.0 Å². The quantitative estimate of drug-likeness (QED) is 0.906. The summed E-state index contributed by atoms with van der Waals surface area (Å²) in [7, 11) is 0. The van der Waals surface area contributed by atoms with Gasteiger partial charge in [0.15, 0.2) is 0 Å². The van der Waals surface area contributed by atoms with Crippen LogP contribution in [0.5, 0.6) is 0 Å². The number of ether oxygens (including phenoxy) is 1. The summed E-state index contributed by atoms with van der Waals surface area (Å²) in [4.78, 5) is 14.8. The number of hydrogen-bond donors (Lipinski definition) is 1. The maximum atomic E-state index is 10.8.